The molecule has 0 aliphatic rings. The summed E-state index contributed by atoms with van der Waals surface area (Å²) >= 11 is 1.53. The first-order valence-electron chi connectivity index (χ1n) is 6.86. The third-order valence-corrected chi connectivity index (χ3v) is 4.53. The normalized spacial score (nSPS) is 10.9. The Labute approximate surface area is 121 Å². The summed E-state index contributed by atoms with van der Waals surface area (Å²) in [5.74, 6) is -0.0517. The van der Waals surface area contributed by atoms with Gasteiger partial charge in [0, 0.05) is 18.0 Å². The number of amides is 1. The van der Waals surface area contributed by atoms with Crippen molar-refractivity contribution in [2.24, 2.45) is 0 Å². The highest BCUT2D eigenvalue weighted by atomic mass is 32.1. The van der Waals surface area contributed by atoms with Gasteiger partial charge in [-0.3, -0.25) is 14.2 Å². The number of likely N-dealkylation sites (N-methyl/N-ethyl adjacent to an activating group) is 1. The van der Waals surface area contributed by atoms with E-state index < -0.39 is 0 Å². The fraction of sp³-hybridized carbons (Fsp3) is 0.500. The Hall–Kier alpha value is -1.69. The summed E-state index contributed by atoms with van der Waals surface area (Å²) in [7, 11) is 0. The lowest BCUT2D eigenvalue weighted by molar-refractivity contribution is -0.131. The molecule has 0 aliphatic heterocycles. The molecule has 6 heteroatoms. The number of hydrogen-bond donors (Lipinski definition) is 0. The van der Waals surface area contributed by atoms with Crippen LogP contribution in [0.2, 0.25) is 0 Å². The number of nitrogens with zero attached hydrogens (tertiary/aromatic N) is 3. The average Bonchev–Trinajstić information content (AvgIpc) is 2.87. The van der Waals surface area contributed by atoms with E-state index in [2.05, 4.69) is 4.98 Å². The second kappa shape index (κ2) is 6.17. The van der Waals surface area contributed by atoms with Gasteiger partial charge in [-0.25, -0.2) is 4.98 Å². The van der Waals surface area contributed by atoms with Crippen molar-refractivity contribution in [3.05, 3.63) is 27.6 Å². The number of aromatic nitrogens is 2. The molecule has 0 unspecified atom stereocenters. The molecular weight excluding hydrogens is 274 g/mol. The molecule has 0 radical (unpaired) electrons. The van der Waals surface area contributed by atoms with E-state index in [9.17, 15) is 9.59 Å². The summed E-state index contributed by atoms with van der Waals surface area (Å²) in [6, 6.07) is 1.88. The zero-order valence-corrected chi connectivity index (χ0v) is 12.9. The van der Waals surface area contributed by atoms with Crippen molar-refractivity contribution < 1.29 is 4.79 Å². The molecule has 0 N–H and O–H groups in total. The van der Waals surface area contributed by atoms with Crippen molar-refractivity contribution in [3.63, 3.8) is 0 Å². The maximum absolute atomic E-state index is 12.4. The van der Waals surface area contributed by atoms with Gasteiger partial charge in [-0.2, -0.15) is 0 Å². The smallest absolute Gasteiger partial charge is 0.262 e. The average molecular weight is 293 g/mol. The molecule has 0 saturated carbocycles. The van der Waals surface area contributed by atoms with Crippen molar-refractivity contribution in [2.75, 3.05) is 13.1 Å². The maximum Gasteiger partial charge on any atom is 0.262 e. The second-order valence-electron chi connectivity index (χ2n) is 4.53. The molecule has 2 rings (SSSR count). The van der Waals surface area contributed by atoms with E-state index in [1.165, 1.54) is 22.2 Å². The van der Waals surface area contributed by atoms with E-state index in [1.807, 2.05) is 26.8 Å². The summed E-state index contributed by atoms with van der Waals surface area (Å²) in [4.78, 5) is 32.3. The summed E-state index contributed by atoms with van der Waals surface area (Å²) in [5.41, 5.74) is -0.133. The van der Waals surface area contributed by atoms with Gasteiger partial charge in [-0.15, -0.1) is 11.3 Å². The largest absolute Gasteiger partial charge is 0.342 e. The van der Waals surface area contributed by atoms with Crippen LogP contribution in [0.25, 0.3) is 10.2 Å². The SMILES string of the molecule is CCc1cc2c(=O)n(CC(=O)N(CC)CC)cnc2s1. The van der Waals surface area contributed by atoms with Crippen LogP contribution in [-0.2, 0) is 17.8 Å². The van der Waals surface area contributed by atoms with Crippen molar-refractivity contribution in [1.29, 1.82) is 0 Å². The molecule has 0 atom stereocenters. The quantitative estimate of drug-likeness (QED) is 0.846. The van der Waals surface area contributed by atoms with E-state index in [0.29, 0.717) is 18.5 Å². The van der Waals surface area contributed by atoms with Crippen molar-refractivity contribution >= 4 is 27.5 Å². The topological polar surface area (TPSA) is 55.2 Å². The first-order chi connectivity index (χ1) is 9.60. The summed E-state index contributed by atoms with van der Waals surface area (Å²) in [5, 5.41) is 0.613. The van der Waals surface area contributed by atoms with E-state index in [-0.39, 0.29) is 18.0 Å². The predicted octanol–water partition coefficient (Wildman–Crippen LogP) is 1.89. The maximum atomic E-state index is 12.4. The molecule has 0 saturated heterocycles. The molecule has 0 fully saturated rings. The number of hydrogen-bond acceptors (Lipinski definition) is 4. The third-order valence-electron chi connectivity index (χ3n) is 3.34. The van der Waals surface area contributed by atoms with Crippen LogP contribution in [0.15, 0.2) is 17.2 Å². The lowest BCUT2D eigenvalue weighted by atomic mass is 10.3. The van der Waals surface area contributed by atoms with Gasteiger partial charge in [0.25, 0.3) is 5.56 Å². The summed E-state index contributed by atoms with van der Waals surface area (Å²) in [6.45, 7) is 7.26. The second-order valence-corrected chi connectivity index (χ2v) is 5.64. The van der Waals surface area contributed by atoms with Gasteiger partial charge >= 0.3 is 0 Å². The monoisotopic (exact) mass is 293 g/mol. The van der Waals surface area contributed by atoms with E-state index in [1.54, 1.807) is 4.90 Å². The van der Waals surface area contributed by atoms with Gasteiger partial charge in [0.1, 0.15) is 11.4 Å². The molecule has 0 aliphatic carbocycles. The highest BCUT2D eigenvalue weighted by Crippen LogP contribution is 2.20. The number of carbonyl (C=O) groups is 1. The minimum atomic E-state index is -0.133. The Kier molecular flexibility index (Phi) is 4.54. The fourth-order valence-electron chi connectivity index (χ4n) is 2.12. The van der Waals surface area contributed by atoms with Crippen LogP contribution in [0.5, 0.6) is 0 Å². The number of thiophene rings is 1. The lowest BCUT2D eigenvalue weighted by Crippen LogP contribution is -2.36. The van der Waals surface area contributed by atoms with Crippen molar-refractivity contribution in [3.8, 4) is 0 Å². The first-order valence-corrected chi connectivity index (χ1v) is 7.67. The highest BCUT2D eigenvalue weighted by molar-refractivity contribution is 7.18. The Morgan fingerprint density at radius 2 is 2.05 bits per heavy atom. The van der Waals surface area contributed by atoms with E-state index in [4.69, 9.17) is 0 Å². The molecule has 0 spiro atoms. The molecule has 0 aromatic carbocycles. The number of rotatable bonds is 5. The molecule has 2 aromatic rings. The van der Waals surface area contributed by atoms with Gasteiger partial charge in [0.15, 0.2) is 0 Å². The fourth-order valence-corrected chi connectivity index (χ4v) is 3.04. The summed E-state index contributed by atoms with van der Waals surface area (Å²) < 4.78 is 1.40. The van der Waals surface area contributed by atoms with Gasteiger partial charge in [-0.05, 0) is 26.3 Å². The van der Waals surface area contributed by atoms with Crippen LogP contribution in [-0.4, -0.2) is 33.4 Å². The first kappa shape index (κ1) is 14.7. The van der Waals surface area contributed by atoms with Crippen LogP contribution in [0.4, 0.5) is 0 Å². The molecule has 20 heavy (non-hydrogen) atoms. The molecule has 2 aromatic heterocycles. The summed E-state index contributed by atoms with van der Waals surface area (Å²) in [6.07, 6.45) is 2.36. The zero-order chi connectivity index (χ0) is 14.7. The molecular formula is C14H19N3O2S. The molecule has 108 valence electrons. The van der Waals surface area contributed by atoms with Crippen LogP contribution in [0, 0.1) is 0 Å². The molecule has 2 heterocycles. The standard InChI is InChI=1S/C14H19N3O2S/c1-4-10-7-11-13(20-10)15-9-17(14(11)19)8-12(18)16(5-2)6-3/h7,9H,4-6,8H2,1-3H3. The van der Waals surface area contributed by atoms with Crippen LogP contribution >= 0.6 is 11.3 Å². The molecule has 0 bridgehead atoms. The Morgan fingerprint density at radius 3 is 2.65 bits per heavy atom. The van der Waals surface area contributed by atoms with Crippen LogP contribution in [0.3, 0.4) is 0 Å². The number of fused-ring (bicyclic) bond motifs is 1. The van der Waals surface area contributed by atoms with Gasteiger partial charge in [-0.1, -0.05) is 6.92 Å². The Balaban J connectivity index is 2.33. The van der Waals surface area contributed by atoms with Crippen molar-refractivity contribution in [1.82, 2.24) is 14.5 Å². The predicted molar refractivity (Wildman–Crippen MR) is 81.2 cm³/mol. The molecule has 5 nitrogen and oxygen atoms in total. The van der Waals surface area contributed by atoms with Crippen LogP contribution in [0.1, 0.15) is 25.6 Å². The number of carbonyl (C=O) groups excluding carboxylic acids is 1. The van der Waals surface area contributed by atoms with Gasteiger partial charge in [0.05, 0.1) is 11.7 Å². The van der Waals surface area contributed by atoms with E-state index in [0.717, 1.165) is 16.1 Å². The van der Waals surface area contributed by atoms with Gasteiger partial charge < -0.3 is 4.90 Å². The van der Waals surface area contributed by atoms with Gasteiger partial charge in [0.2, 0.25) is 5.91 Å². The third kappa shape index (κ3) is 2.75. The van der Waals surface area contributed by atoms with E-state index >= 15 is 0 Å². The minimum absolute atomic E-state index is 0.0517. The zero-order valence-electron chi connectivity index (χ0n) is 12.0. The molecule has 1 amide bonds. The van der Waals surface area contributed by atoms with Crippen molar-refractivity contribution in [2.45, 2.75) is 33.7 Å². The number of aryl methyl sites for hydroxylation is 1. The Morgan fingerprint density at radius 1 is 1.35 bits per heavy atom. The van der Waals surface area contributed by atoms with Crippen LogP contribution < -0.4 is 5.56 Å². The lowest BCUT2D eigenvalue weighted by Gasteiger charge is -2.18. The Bertz CT molecular complexity index is 671. The minimum Gasteiger partial charge on any atom is -0.342 e. The highest BCUT2D eigenvalue weighted by Gasteiger charge is 2.13.